The fraction of sp³-hybridized carbons (Fsp3) is 0.174. The molecular weight excluding hydrogens is 441 g/mol. The van der Waals surface area contributed by atoms with Gasteiger partial charge in [0.1, 0.15) is 0 Å². The lowest BCUT2D eigenvalue weighted by molar-refractivity contribution is 0.156. The average Bonchev–Trinajstić information content (AvgIpc) is 2.97. The number of aliphatic hydroxyl groups is 1. The number of fused-ring (bicyclic) bond motifs is 1. The van der Waals surface area contributed by atoms with Crippen LogP contribution in [0.25, 0.3) is 11.0 Å². The van der Waals surface area contributed by atoms with Gasteiger partial charge < -0.3 is 14.2 Å². The van der Waals surface area contributed by atoms with Crippen molar-refractivity contribution in [3.05, 3.63) is 99.1 Å². The minimum atomic E-state index is -0.809. The maximum atomic E-state index is 10.8. The van der Waals surface area contributed by atoms with Crippen LogP contribution in [0, 0.1) is 12.3 Å². The van der Waals surface area contributed by atoms with Gasteiger partial charge in [-0.25, -0.2) is 0 Å². The van der Waals surface area contributed by atoms with Crippen molar-refractivity contribution in [1.29, 1.82) is 5.41 Å². The van der Waals surface area contributed by atoms with E-state index in [9.17, 15) is 5.11 Å². The molecule has 4 rings (SSSR count). The van der Waals surface area contributed by atoms with Gasteiger partial charge >= 0.3 is 0 Å². The number of nitrogens with zero attached hydrogens (tertiary/aromatic N) is 2. The third-order valence-corrected chi connectivity index (χ3v) is 5.99. The topological polar surface area (TPSA) is 53.9 Å². The molecule has 4 aromatic rings. The van der Waals surface area contributed by atoms with E-state index in [1.807, 2.05) is 45.5 Å². The normalized spacial score (nSPS) is 12.0. The minimum absolute atomic E-state index is 0. The van der Waals surface area contributed by atoms with Gasteiger partial charge in [-0.2, -0.15) is 0 Å². The number of aliphatic hydroxyl groups excluding tert-OH is 1. The second-order valence-corrected chi connectivity index (χ2v) is 7.94. The van der Waals surface area contributed by atoms with Crippen molar-refractivity contribution in [2.75, 3.05) is 0 Å². The van der Waals surface area contributed by atoms with Gasteiger partial charge in [-0.15, -0.1) is 12.4 Å². The summed E-state index contributed by atoms with van der Waals surface area (Å²) in [5.41, 5.74) is 5.23. The summed E-state index contributed by atoms with van der Waals surface area (Å²) in [5, 5.41) is 20.4. The summed E-state index contributed by atoms with van der Waals surface area (Å²) in [6.07, 6.45) is -0.809. The first-order chi connectivity index (χ1) is 14.0. The zero-order valence-corrected chi connectivity index (χ0v) is 18.7. The molecule has 1 unspecified atom stereocenters. The molecule has 4 nitrogen and oxygen atoms in total. The highest BCUT2D eigenvalue weighted by atomic mass is 35.5. The number of rotatable bonds is 5. The average molecular weight is 463 g/mol. The van der Waals surface area contributed by atoms with Crippen molar-refractivity contribution >= 4 is 46.6 Å². The van der Waals surface area contributed by atoms with Gasteiger partial charge in [-0.05, 0) is 47.9 Å². The maximum absolute atomic E-state index is 10.8. The van der Waals surface area contributed by atoms with Crippen LogP contribution in [-0.2, 0) is 13.1 Å². The van der Waals surface area contributed by atoms with E-state index in [0.717, 1.165) is 11.0 Å². The molecule has 156 valence electrons. The van der Waals surface area contributed by atoms with E-state index in [4.69, 9.17) is 28.6 Å². The Morgan fingerprint density at radius 1 is 0.900 bits per heavy atom. The molecule has 0 spiro atoms. The van der Waals surface area contributed by atoms with Gasteiger partial charge in [0.05, 0.1) is 40.3 Å². The van der Waals surface area contributed by atoms with Crippen LogP contribution >= 0.6 is 35.6 Å². The number of aromatic nitrogens is 2. The van der Waals surface area contributed by atoms with Crippen LogP contribution < -0.4 is 5.62 Å². The van der Waals surface area contributed by atoms with Crippen LogP contribution in [0.3, 0.4) is 0 Å². The predicted molar refractivity (Wildman–Crippen MR) is 125 cm³/mol. The summed E-state index contributed by atoms with van der Waals surface area (Å²) in [6.45, 7) is 2.92. The smallest absolute Gasteiger partial charge is 0.203 e. The minimum Gasteiger partial charge on any atom is -0.387 e. The summed E-state index contributed by atoms with van der Waals surface area (Å²) >= 11 is 12.1. The summed E-state index contributed by atoms with van der Waals surface area (Å²) in [4.78, 5) is 0. The van der Waals surface area contributed by atoms with Crippen molar-refractivity contribution < 1.29 is 5.11 Å². The number of para-hydroxylation sites is 2. The molecule has 0 amide bonds. The monoisotopic (exact) mass is 461 g/mol. The number of halogens is 3. The molecule has 1 heterocycles. The standard InChI is InChI=1S/C23H21Cl2N3O.ClH/c1-15-6-2-3-7-17(15)13-27-20-8-4-5-9-21(20)28(23(27)26)14-22(29)16-10-11-18(24)19(25)12-16;/h2-12,22,26,29H,13-14H2,1H3;1H. The molecule has 0 aliphatic rings. The molecule has 2 N–H and O–H groups in total. The molecule has 0 bridgehead atoms. The van der Waals surface area contributed by atoms with Crippen LogP contribution in [-0.4, -0.2) is 14.2 Å². The molecule has 0 saturated heterocycles. The SMILES string of the molecule is Cc1ccccc1Cn1c(=N)n(CC(O)c2ccc(Cl)c(Cl)c2)c2ccccc21.Cl. The van der Waals surface area contributed by atoms with E-state index in [1.54, 1.807) is 18.2 Å². The van der Waals surface area contributed by atoms with Crippen LogP contribution in [0.1, 0.15) is 22.8 Å². The van der Waals surface area contributed by atoms with E-state index >= 15 is 0 Å². The molecule has 0 radical (unpaired) electrons. The largest absolute Gasteiger partial charge is 0.387 e. The molecule has 7 heteroatoms. The van der Waals surface area contributed by atoms with E-state index in [-0.39, 0.29) is 19.0 Å². The molecule has 0 aliphatic carbocycles. The quantitative estimate of drug-likeness (QED) is 0.390. The first-order valence-corrected chi connectivity index (χ1v) is 10.1. The molecule has 0 aliphatic heterocycles. The fourth-order valence-electron chi connectivity index (χ4n) is 3.60. The van der Waals surface area contributed by atoms with Crippen LogP contribution in [0.5, 0.6) is 0 Å². The van der Waals surface area contributed by atoms with E-state index in [2.05, 4.69) is 19.1 Å². The lowest BCUT2D eigenvalue weighted by Gasteiger charge is -2.13. The number of benzene rings is 3. The Morgan fingerprint density at radius 2 is 1.53 bits per heavy atom. The predicted octanol–water partition coefficient (Wildman–Crippen LogP) is 5.74. The number of hydrogen-bond acceptors (Lipinski definition) is 2. The van der Waals surface area contributed by atoms with Crippen molar-refractivity contribution in [2.24, 2.45) is 0 Å². The Balaban J connectivity index is 0.00000256. The molecule has 1 aromatic heterocycles. The van der Waals surface area contributed by atoms with Crippen LogP contribution in [0.15, 0.2) is 66.7 Å². The zero-order chi connectivity index (χ0) is 20.5. The number of imidazole rings is 1. The number of aryl methyl sites for hydroxylation is 1. The van der Waals surface area contributed by atoms with Crippen LogP contribution in [0.4, 0.5) is 0 Å². The third kappa shape index (κ3) is 4.28. The Bertz CT molecular complexity index is 1250. The second-order valence-electron chi connectivity index (χ2n) is 7.12. The second kappa shape index (κ2) is 9.27. The summed E-state index contributed by atoms with van der Waals surface area (Å²) < 4.78 is 3.81. The molecule has 1 atom stereocenters. The molecular formula is C23H22Cl3N3O. The van der Waals surface area contributed by atoms with Gasteiger partial charge in [-0.1, -0.05) is 65.7 Å². The highest BCUT2D eigenvalue weighted by molar-refractivity contribution is 6.42. The lowest BCUT2D eigenvalue weighted by atomic mass is 10.1. The molecule has 30 heavy (non-hydrogen) atoms. The first kappa shape index (κ1) is 22.4. The molecule has 0 saturated carbocycles. The van der Waals surface area contributed by atoms with Gasteiger partial charge in [0.2, 0.25) is 5.62 Å². The Kier molecular flexibility index (Phi) is 6.94. The third-order valence-electron chi connectivity index (χ3n) is 5.25. The Labute approximate surface area is 191 Å². The van der Waals surface area contributed by atoms with E-state index in [0.29, 0.717) is 27.8 Å². The lowest BCUT2D eigenvalue weighted by Crippen LogP contribution is -2.27. The van der Waals surface area contributed by atoms with Gasteiger partial charge in [0.25, 0.3) is 0 Å². The first-order valence-electron chi connectivity index (χ1n) is 9.36. The van der Waals surface area contributed by atoms with Crippen molar-refractivity contribution in [2.45, 2.75) is 26.1 Å². The highest BCUT2D eigenvalue weighted by Crippen LogP contribution is 2.27. The van der Waals surface area contributed by atoms with Crippen LogP contribution in [0.2, 0.25) is 10.0 Å². The van der Waals surface area contributed by atoms with E-state index < -0.39 is 6.10 Å². The van der Waals surface area contributed by atoms with E-state index in [1.165, 1.54) is 11.1 Å². The Morgan fingerprint density at radius 3 is 2.20 bits per heavy atom. The van der Waals surface area contributed by atoms with Crippen molar-refractivity contribution in [1.82, 2.24) is 9.13 Å². The summed E-state index contributed by atoms with van der Waals surface area (Å²) in [7, 11) is 0. The number of hydrogen-bond donors (Lipinski definition) is 2. The highest BCUT2D eigenvalue weighted by Gasteiger charge is 2.16. The zero-order valence-electron chi connectivity index (χ0n) is 16.3. The van der Waals surface area contributed by atoms with Gasteiger partial charge in [-0.3, -0.25) is 5.41 Å². The fourth-order valence-corrected chi connectivity index (χ4v) is 3.90. The Hall–Kier alpha value is -2.24. The van der Waals surface area contributed by atoms with Crippen molar-refractivity contribution in [3.63, 3.8) is 0 Å². The number of nitrogens with one attached hydrogen (secondary N) is 1. The van der Waals surface area contributed by atoms with Gasteiger partial charge in [0, 0.05) is 0 Å². The summed E-state index contributed by atoms with van der Waals surface area (Å²) in [6, 6.07) is 21.2. The van der Waals surface area contributed by atoms with Crippen molar-refractivity contribution in [3.8, 4) is 0 Å². The molecule has 3 aromatic carbocycles. The molecule has 0 fully saturated rings. The maximum Gasteiger partial charge on any atom is 0.203 e. The summed E-state index contributed by atoms with van der Waals surface area (Å²) in [5.74, 6) is 0. The van der Waals surface area contributed by atoms with Gasteiger partial charge in [0.15, 0.2) is 0 Å².